The van der Waals surface area contributed by atoms with E-state index in [1.54, 1.807) is 23.5 Å². The second-order valence-corrected chi connectivity index (χ2v) is 7.38. The van der Waals surface area contributed by atoms with Gasteiger partial charge in [0.1, 0.15) is 5.82 Å². The average molecular weight is 355 g/mol. The van der Waals surface area contributed by atoms with E-state index < -0.39 is 0 Å². The molecule has 20 heavy (non-hydrogen) atoms. The van der Waals surface area contributed by atoms with Gasteiger partial charge in [0, 0.05) is 31.1 Å². The lowest BCUT2D eigenvalue weighted by molar-refractivity contribution is 0.200. The average Bonchev–Trinajstić information content (AvgIpc) is 2.87. The Morgan fingerprint density at radius 1 is 1.20 bits per heavy atom. The van der Waals surface area contributed by atoms with Gasteiger partial charge in [-0.3, -0.25) is 4.90 Å². The van der Waals surface area contributed by atoms with Gasteiger partial charge in [-0.15, -0.1) is 11.3 Å². The van der Waals surface area contributed by atoms with E-state index in [1.165, 1.54) is 10.9 Å². The van der Waals surface area contributed by atoms with E-state index in [4.69, 9.17) is 0 Å². The molecule has 1 aliphatic rings. The summed E-state index contributed by atoms with van der Waals surface area (Å²) in [4.78, 5) is 3.67. The molecule has 2 nitrogen and oxygen atoms in total. The monoisotopic (exact) mass is 354 g/mol. The lowest BCUT2D eigenvalue weighted by Gasteiger charge is -2.34. The summed E-state index contributed by atoms with van der Waals surface area (Å²) in [5, 5.41) is 3.37. The standard InChI is InChI=1S/C15H16BrFN2S/c16-14-5-4-13(20-14)15(19-8-6-18-7-9-19)11-2-1-3-12(17)10-11/h1-5,10,15,18H,6-9H2. The predicted molar refractivity (Wildman–Crippen MR) is 84.7 cm³/mol. The van der Waals surface area contributed by atoms with Crippen LogP contribution >= 0.6 is 27.3 Å². The Hall–Kier alpha value is -0.750. The molecule has 0 saturated carbocycles. The van der Waals surface area contributed by atoms with Crippen molar-refractivity contribution in [3.8, 4) is 0 Å². The number of nitrogens with one attached hydrogen (secondary N) is 1. The second-order valence-electron chi connectivity index (χ2n) is 4.89. The van der Waals surface area contributed by atoms with Gasteiger partial charge in [-0.25, -0.2) is 4.39 Å². The Bertz CT molecular complexity index is 581. The van der Waals surface area contributed by atoms with Gasteiger partial charge in [0.2, 0.25) is 0 Å². The number of hydrogen-bond donors (Lipinski definition) is 1. The topological polar surface area (TPSA) is 15.3 Å². The Morgan fingerprint density at radius 3 is 2.65 bits per heavy atom. The van der Waals surface area contributed by atoms with Crippen LogP contribution in [0.15, 0.2) is 40.2 Å². The van der Waals surface area contributed by atoms with Crippen LogP contribution in [0.1, 0.15) is 16.5 Å². The van der Waals surface area contributed by atoms with Gasteiger partial charge in [-0.2, -0.15) is 0 Å². The normalized spacial score (nSPS) is 18.1. The Labute approximate surface area is 130 Å². The Morgan fingerprint density at radius 2 is 2.00 bits per heavy atom. The molecule has 1 saturated heterocycles. The van der Waals surface area contributed by atoms with Crippen LogP contribution in [0.3, 0.4) is 0 Å². The van der Waals surface area contributed by atoms with Crippen molar-refractivity contribution in [2.24, 2.45) is 0 Å². The van der Waals surface area contributed by atoms with Crippen LogP contribution in [0.2, 0.25) is 0 Å². The first-order valence-electron chi connectivity index (χ1n) is 6.69. The molecule has 1 aromatic carbocycles. The molecule has 2 heterocycles. The minimum atomic E-state index is -0.168. The van der Waals surface area contributed by atoms with Crippen molar-refractivity contribution in [2.75, 3.05) is 26.2 Å². The van der Waals surface area contributed by atoms with E-state index in [1.807, 2.05) is 6.07 Å². The van der Waals surface area contributed by atoms with Gasteiger partial charge < -0.3 is 5.32 Å². The summed E-state index contributed by atoms with van der Waals surface area (Å²) in [6.45, 7) is 3.93. The van der Waals surface area contributed by atoms with Crippen LogP contribution in [0, 0.1) is 5.82 Å². The molecule has 0 amide bonds. The van der Waals surface area contributed by atoms with Gasteiger partial charge in [0.05, 0.1) is 9.83 Å². The molecule has 1 aromatic heterocycles. The first kappa shape index (κ1) is 14.2. The summed E-state index contributed by atoms with van der Waals surface area (Å²) >= 11 is 5.25. The summed E-state index contributed by atoms with van der Waals surface area (Å²) in [7, 11) is 0. The van der Waals surface area contributed by atoms with Crippen LogP contribution in [-0.4, -0.2) is 31.1 Å². The highest BCUT2D eigenvalue weighted by atomic mass is 79.9. The van der Waals surface area contributed by atoms with Crippen molar-refractivity contribution >= 4 is 27.3 Å². The second kappa shape index (κ2) is 6.35. The van der Waals surface area contributed by atoms with E-state index in [0.29, 0.717) is 0 Å². The highest BCUT2D eigenvalue weighted by Crippen LogP contribution is 2.35. The molecule has 0 aliphatic carbocycles. The molecule has 0 radical (unpaired) electrons. The highest BCUT2D eigenvalue weighted by Gasteiger charge is 2.25. The predicted octanol–water partition coefficient (Wildman–Crippen LogP) is 3.64. The number of rotatable bonds is 3. The summed E-state index contributed by atoms with van der Waals surface area (Å²) in [6, 6.07) is 11.3. The molecule has 5 heteroatoms. The molecule has 2 aromatic rings. The molecular weight excluding hydrogens is 339 g/mol. The third-order valence-electron chi connectivity index (χ3n) is 3.54. The van der Waals surface area contributed by atoms with Crippen molar-refractivity contribution in [2.45, 2.75) is 6.04 Å². The van der Waals surface area contributed by atoms with Gasteiger partial charge in [-0.05, 0) is 45.8 Å². The number of hydrogen-bond acceptors (Lipinski definition) is 3. The van der Waals surface area contributed by atoms with Crippen LogP contribution in [0.25, 0.3) is 0 Å². The minimum absolute atomic E-state index is 0.143. The molecule has 1 N–H and O–H groups in total. The zero-order chi connectivity index (χ0) is 13.9. The summed E-state index contributed by atoms with van der Waals surface area (Å²) in [5.41, 5.74) is 1.03. The van der Waals surface area contributed by atoms with Crippen molar-refractivity contribution in [1.82, 2.24) is 10.2 Å². The molecular formula is C15H16BrFN2S. The maximum atomic E-state index is 13.6. The maximum absolute atomic E-state index is 13.6. The number of halogens is 2. The van der Waals surface area contributed by atoms with E-state index in [-0.39, 0.29) is 11.9 Å². The first-order valence-corrected chi connectivity index (χ1v) is 8.30. The largest absolute Gasteiger partial charge is 0.314 e. The minimum Gasteiger partial charge on any atom is -0.314 e. The summed E-state index contributed by atoms with van der Waals surface area (Å²) in [5.74, 6) is -0.168. The van der Waals surface area contributed by atoms with E-state index >= 15 is 0 Å². The Balaban J connectivity index is 1.98. The zero-order valence-electron chi connectivity index (χ0n) is 11.0. The van der Waals surface area contributed by atoms with E-state index in [9.17, 15) is 4.39 Å². The Kier molecular flexibility index (Phi) is 4.51. The van der Waals surface area contributed by atoms with Crippen LogP contribution < -0.4 is 5.32 Å². The molecule has 1 aliphatic heterocycles. The quantitative estimate of drug-likeness (QED) is 0.904. The fraction of sp³-hybridized carbons (Fsp3) is 0.333. The van der Waals surface area contributed by atoms with Gasteiger partial charge in [-0.1, -0.05) is 12.1 Å². The SMILES string of the molecule is Fc1cccc(C(c2ccc(Br)s2)N2CCNCC2)c1. The molecule has 1 fully saturated rings. The van der Waals surface area contributed by atoms with E-state index in [2.05, 4.69) is 38.3 Å². The van der Waals surface area contributed by atoms with Crippen molar-refractivity contribution in [1.29, 1.82) is 0 Å². The number of benzene rings is 1. The summed E-state index contributed by atoms with van der Waals surface area (Å²) < 4.78 is 14.7. The molecule has 1 unspecified atom stereocenters. The zero-order valence-corrected chi connectivity index (χ0v) is 13.4. The lowest BCUT2D eigenvalue weighted by Crippen LogP contribution is -2.45. The fourth-order valence-corrected chi connectivity index (χ4v) is 4.23. The van der Waals surface area contributed by atoms with Crippen LogP contribution in [0.5, 0.6) is 0 Å². The van der Waals surface area contributed by atoms with Crippen LogP contribution in [-0.2, 0) is 0 Å². The molecule has 0 spiro atoms. The van der Waals surface area contributed by atoms with Gasteiger partial charge in [0.15, 0.2) is 0 Å². The number of piperazine rings is 1. The van der Waals surface area contributed by atoms with Crippen molar-refractivity contribution in [3.05, 3.63) is 56.4 Å². The van der Waals surface area contributed by atoms with Crippen molar-refractivity contribution in [3.63, 3.8) is 0 Å². The molecule has 1 atom stereocenters. The third-order valence-corrected chi connectivity index (χ3v) is 5.22. The van der Waals surface area contributed by atoms with Crippen molar-refractivity contribution < 1.29 is 4.39 Å². The maximum Gasteiger partial charge on any atom is 0.123 e. The fourth-order valence-electron chi connectivity index (χ4n) is 2.65. The molecule has 3 rings (SSSR count). The summed E-state index contributed by atoms with van der Waals surface area (Å²) in [6.07, 6.45) is 0. The number of nitrogens with zero attached hydrogens (tertiary/aromatic N) is 1. The van der Waals surface area contributed by atoms with Crippen LogP contribution in [0.4, 0.5) is 4.39 Å². The first-order chi connectivity index (χ1) is 9.74. The lowest BCUT2D eigenvalue weighted by atomic mass is 10.0. The van der Waals surface area contributed by atoms with Gasteiger partial charge in [0.25, 0.3) is 0 Å². The van der Waals surface area contributed by atoms with Gasteiger partial charge >= 0.3 is 0 Å². The smallest absolute Gasteiger partial charge is 0.123 e. The van der Waals surface area contributed by atoms with E-state index in [0.717, 1.165) is 35.5 Å². The third kappa shape index (κ3) is 3.11. The number of thiophene rings is 1. The molecule has 0 bridgehead atoms. The highest BCUT2D eigenvalue weighted by molar-refractivity contribution is 9.11. The molecule has 106 valence electrons.